The molecule has 12 heavy (non-hydrogen) atoms. The summed E-state index contributed by atoms with van der Waals surface area (Å²) in [7, 11) is 0. The number of halogens is 1. The molecule has 0 aliphatic rings. The van der Waals surface area contributed by atoms with Gasteiger partial charge in [0.1, 0.15) is 0 Å². The number of carbonyl (C=O) groups excluding carboxylic acids is 2. The van der Waals surface area contributed by atoms with Crippen molar-refractivity contribution in [1.29, 1.82) is 0 Å². The maximum absolute atomic E-state index is 12.2. The van der Waals surface area contributed by atoms with Gasteiger partial charge < -0.3 is 4.39 Å². The van der Waals surface area contributed by atoms with Crippen LogP contribution in [0.3, 0.4) is 0 Å². The molecule has 0 aliphatic heterocycles. The predicted octanol–water partition coefficient (Wildman–Crippen LogP) is -2.18. The average Bonchev–Trinajstić information content (AvgIpc) is 1.97. The number of hydrogen-bond acceptors (Lipinski definition) is 3. The molecule has 1 heterocycles. The minimum absolute atomic E-state index is 0. The third-order valence-electron chi connectivity index (χ3n) is 0.835. The Hall–Kier alpha value is -0.670. The van der Waals surface area contributed by atoms with Gasteiger partial charge in [0.2, 0.25) is 0 Å². The maximum Gasteiger partial charge on any atom is 1.00 e. The molecule has 0 amide bonds. The second-order valence-corrected chi connectivity index (χ2v) is 1.52. The van der Waals surface area contributed by atoms with Gasteiger partial charge in [0.05, 0.1) is 0 Å². The Morgan fingerprint density at radius 1 is 1.50 bits per heavy atom. The Morgan fingerprint density at radius 3 is 2.25 bits per heavy atom. The monoisotopic (exact) mass is 177 g/mol. The third-order valence-corrected chi connectivity index (χ3v) is 0.835. The van der Waals surface area contributed by atoms with Crippen LogP contribution in [0.25, 0.3) is 0 Å². The quantitative estimate of drug-likeness (QED) is 0.334. The number of aromatic nitrogens is 1. The van der Waals surface area contributed by atoms with E-state index in [1.807, 2.05) is 0 Å². The third kappa shape index (κ3) is 6.07. The Bertz CT molecular complexity index is 240. The van der Waals surface area contributed by atoms with Crippen LogP contribution in [0.15, 0.2) is 18.3 Å². The van der Waals surface area contributed by atoms with Crippen molar-refractivity contribution < 1.29 is 43.5 Å². The Morgan fingerprint density at radius 2 is 2.00 bits per heavy atom. The molecule has 0 saturated carbocycles. The first-order chi connectivity index (χ1) is 5.22. The first-order valence-corrected chi connectivity index (χ1v) is 2.64. The summed E-state index contributed by atoms with van der Waals surface area (Å²) in [5.74, 6) is -0.354. The minimum Gasteiger partial charge on any atom is -0.318 e. The minimum atomic E-state index is -0.354. The number of rotatable bonds is 0. The summed E-state index contributed by atoms with van der Waals surface area (Å²) >= 11 is 0. The van der Waals surface area contributed by atoms with E-state index in [0.717, 1.165) is 0 Å². The van der Waals surface area contributed by atoms with Crippen molar-refractivity contribution in [2.45, 2.75) is 0 Å². The summed E-state index contributed by atoms with van der Waals surface area (Å²) in [6.07, 6.45) is 1.76. The first-order valence-electron chi connectivity index (χ1n) is 2.64. The normalized spacial score (nSPS) is 6.75. The first kappa shape index (κ1) is 13.9. The zero-order valence-electron chi connectivity index (χ0n) is 6.58. The van der Waals surface area contributed by atoms with Crippen molar-refractivity contribution in [2.75, 3.05) is 0 Å². The molecule has 1 rings (SSSR count). The predicted molar refractivity (Wildman–Crippen MR) is 33.7 cm³/mol. The average molecular weight is 177 g/mol. The van der Waals surface area contributed by atoms with Crippen LogP contribution in [-0.2, 0) is 9.59 Å². The van der Waals surface area contributed by atoms with Gasteiger partial charge >= 0.3 is 35.7 Å². The van der Waals surface area contributed by atoms with Crippen LogP contribution in [-0.4, -0.2) is 11.1 Å². The van der Waals surface area contributed by atoms with Gasteiger partial charge in [-0.25, -0.2) is 6.92 Å². The van der Waals surface area contributed by atoms with E-state index in [-0.39, 0.29) is 47.2 Å². The summed E-state index contributed by atoms with van der Waals surface area (Å²) in [6.45, 7) is 3.33. The molecule has 0 atom stereocenters. The van der Waals surface area contributed by atoms with Crippen LogP contribution in [0.5, 0.6) is 0 Å². The van der Waals surface area contributed by atoms with E-state index in [4.69, 9.17) is 9.59 Å². The summed E-state index contributed by atoms with van der Waals surface area (Å²) in [5, 5.41) is 0. The fourth-order valence-electron chi connectivity index (χ4n) is 0.418. The fourth-order valence-corrected chi connectivity index (χ4v) is 0.418. The molecule has 58 valence electrons. The Kier molecular flexibility index (Phi) is 9.75. The van der Waals surface area contributed by atoms with Crippen molar-refractivity contribution in [1.82, 2.24) is 4.98 Å². The van der Waals surface area contributed by atoms with Crippen molar-refractivity contribution in [3.05, 3.63) is 36.8 Å². The Balaban J connectivity index is 0. The Labute approximate surface area is 91.3 Å². The topological polar surface area (TPSA) is 47.0 Å². The maximum atomic E-state index is 12.2. The molecule has 5 heteroatoms. The molecule has 0 spiro atoms. The summed E-state index contributed by atoms with van der Waals surface area (Å²) < 4.78 is 12.2. The molecular formula is C7H5FNNaO2. The van der Waals surface area contributed by atoms with E-state index in [1.165, 1.54) is 18.3 Å². The van der Waals surface area contributed by atoms with Crippen LogP contribution < -0.4 is 29.6 Å². The second-order valence-electron chi connectivity index (χ2n) is 1.52. The van der Waals surface area contributed by atoms with Crippen molar-refractivity contribution in [3.63, 3.8) is 0 Å². The number of hydrogen-bond donors (Lipinski definition) is 0. The molecule has 0 N–H and O–H groups in total. The number of pyridine rings is 1. The van der Waals surface area contributed by atoms with Gasteiger partial charge in [0.15, 0.2) is 0 Å². The van der Waals surface area contributed by atoms with Gasteiger partial charge in [-0.15, -0.1) is 6.07 Å². The van der Waals surface area contributed by atoms with Crippen molar-refractivity contribution >= 4 is 6.15 Å². The van der Waals surface area contributed by atoms with E-state index in [1.54, 1.807) is 0 Å². The zero-order valence-corrected chi connectivity index (χ0v) is 8.58. The van der Waals surface area contributed by atoms with Crippen LogP contribution >= 0.6 is 0 Å². The van der Waals surface area contributed by atoms with E-state index >= 15 is 0 Å². The SMILES string of the molecule is O=C=O.[CH2-]c1ncccc1F.[Na+]. The van der Waals surface area contributed by atoms with E-state index in [0.29, 0.717) is 0 Å². The van der Waals surface area contributed by atoms with Gasteiger partial charge in [0, 0.05) is 6.20 Å². The van der Waals surface area contributed by atoms with Gasteiger partial charge in [-0.2, -0.15) is 9.59 Å². The van der Waals surface area contributed by atoms with E-state index in [2.05, 4.69) is 11.9 Å². The van der Waals surface area contributed by atoms with Gasteiger partial charge in [-0.3, -0.25) is 4.98 Å². The molecule has 1 aromatic heterocycles. The van der Waals surface area contributed by atoms with Crippen LogP contribution in [0.4, 0.5) is 4.39 Å². The summed E-state index contributed by atoms with van der Waals surface area (Å²) in [5.41, 5.74) is 0.201. The molecule has 3 nitrogen and oxygen atoms in total. The summed E-state index contributed by atoms with van der Waals surface area (Å²) in [6, 6.07) is 2.86. The van der Waals surface area contributed by atoms with Gasteiger partial charge in [-0.1, -0.05) is 11.8 Å². The molecule has 0 bridgehead atoms. The molecular weight excluding hydrogens is 172 g/mol. The van der Waals surface area contributed by atoms with E-state index < -0.39 is 0 Å². The van der Waals surface area contributed by atoms with Crippen LogP contribution in [0, 0.1) is 12.7 Å². The molecule has 0 fully saturated rings. The molecule has 0 aromatic carbocycles. The molecule has 1 aromatic rings. The van der Waals surface area contributed by atoms with E-state index in [9.17, 15) is 4.39 Å². The van der Waals surface area contributed by atoms with Gasteiger partial charge in [0.25, 0.3) is 0 Å². The molecule has 0 unspecified atom stereocenters. The smallest absolute Gasteiger partial charge is 0.318 e. The molecule has 0 saturated heterocycles. The second kappa shape index (κ2) is 8.43. The summed E-state index contributed by atoms with van der Waals surface area (Å²) in [4.78, 5) is 19.8. The zero-order chi connectivity index (χ0) is 8.69. The standard InChI is InChI=1S/C6H5FN.CO2.Na/c1-5-6(7)3-2-4-8-5;2-1-3;/h2-4H,1H2;;/q-1;;+1. The van der Waals surface area contributed by atoms with Crippen molar-refractivity contribution in [2.24, 2.45) is 0 Å². The number of nitrogens with zero attached hydrogens (tertiary/aromatic N) is 1. The van der Waals surface area contributed by atoms with Gasteiger partial charge in [-0.05, 0) is 5.82 Å². The fraction of sp³-hybridized carbons (Fsp3) is 0. The molecule has 0 aliphatic carbocycles. The van der Waals surface area contributed by atoms with Crippen molar-refractivity contribution in [3.8, 4) is 0 Å². The molecule has 0 radical (unpaired) electrons. The van der Waals surface area contributed by atoms with Crippen LogP contribution in [0.1, 0.15) is 5.69 Å². The largest absolute Gasteiger partial charge is 1.00 e. The van der Waals surface area contributed by atoms with Crippen LogP contribution in [0.2, 0.25) is 0 Å².